The summed E-state index contributed by atoms with van der Waals surface area (Å²) in [5.41, 5.74) is 1.31. The molecule has 0 spiro atoms. The quantitative estimate of drug-likeness (QED) is 0.813. The van der Waals surface area contributed by atoms with Gasteiger partial charge in [0.1, 0.15) is 0 Å². The molecule has 0 radical (unpaired) electrons. The van der Waals surface area contributed by atoms with Gasteiger partial charge in [0.25, 0.3) is 0 Å². The smallest absolute Gasteiger partial charge is 0.0448 e. The van der Waals surface area contributed by atoms with Crippen LogP contribution in [0.1, 0.15) is 38.3 Å². The lowest BCUT2D eigenvalue weighted by atomic mass is 10.1. The summed E-state index contributed by atoms with van der Waals surface area (Å²) in [6.45, 7) is 5.32. The molecule has 2 rings (SSSR count). The van der Waals surface area contributed by atoms with Gasteiger partial charge in [-0.1, -0.05) is 37.6 Å². The van der Waals surface area contributed by atoms with Gasteiger partial charge in [-0.3, -0.25) is 0 Å². The fourth-order valence-electron chi connectivity index (χ4n) is 1.86. The molecule has 17 heavy (non-hydrogen) atoms. The highest BCUT2D eigenvalue weighted by molar-refractivity contribution is 6.30. The Hall–Kier alpha value is -0.570. The Morgan fingerprint density at radius 2 is 1.88 bits per heavy atom. The van der Waals surface area contributed by atoms with Crippen molar-refractivity contribution in [3.05, 3.63) is 34.9 Å². The van der Waals surface area contributed by atoms with Crippen molar-refractivity contribution in [1.29, 1.82) is 0 Å². The Balaban J connectivity index is 1.99. The summed E-state index contributed by atoms with van der Waals surface area (Å²) in [5, 5.41) is 7.97. The average Bonchev–Trinajstić information content (AvgIpc) is 3.09. The van der Waals surface area contributed by atoms with Gasteiger partial charge in [0, 0.05) is 29.7 Å². The molecule has 1 unspecified atom stereocenters. The van der Waals surface area contributed by atoms with Crippen LogP contribution in [0.4, 0.5) is 0 Å². The lowest BCUT2D eigenvalue weighted by Gasteiger charge is -2.21. The third-order valence-corrected chi connectivity index (χ3v) is 3.27. The van der Waals surface area contributed by atoms with E-state index in [0.717, 1.165) is 11.6 Å². The molecule has 1 aliphatic rings. The summed E-state index contributed by atoms with van der Waals surface area (Å²) in [4.78, 5) is 0. The first-order chi connectivity index (χ1) is 8.15. The average molecular weight is 253 g/mol. The molecule has 1 aliphatic carbocycles. The fraction of sp³-hybridized carbons (Fsp3) is 0.571. The van der Waals surface area contributed by atoms with Crippen LogP contribution in [0.2, 0.25) is 5.02 Å². The van der Waals surface area contributed by atoms with E-state index in [-0.39, 0.29) is 0 Å². The van der Waals surface area contributed by atoms with E-state index >= 15 is 0 Å². The third-order valence-electron chi connectivity index (χ3n) is 3.02. The van der Waals surface area contributed by atoms with Crippen molar-refractivity contribution in [3.63, 3.8) is 0 Å². The molecule has 2 N–H and O–H groups in total. The lowest BCUT2D eigenvalue weighted by molar-refractivity contribution is 0.461. The normalized spacial score (nSPS) is 17.4. The minimum atomic E-state index is 0.391. The summed E-state index contributed by atoms with van der Waals surface area (Å²) in [6, 6.07) is 9.79. The summed E-state index contributed by atoms with van der Waals surface area (Å²) < 4.78 is 0. The molecule has 0 bridgehead atoms. The van der Waals surface area contributed by atoms with Gasteiger partial charge in [-0.05, 0) is 30.5 Å². The number of hydrogen-bond acceptors (Lipinski definition) is 2. The van der Waals surface area contributed by atoms with Crippen LogP contribution in [0, 0.1) is 0 Å². The minimum absolute atomic E-state index is 0.391. The van der Waals surface area contributed by atoms with Crippen molar-refractivity contribution in [2.45, 2.75) is 44.8 Å². The van der Waals surface area contributed by atoms with Crippen molar-refractivity contribution in [2.24, 2.45) is 0 Å². The maximum Gasteiger partial charge on any atom is 0.0448 e. The molecule has 0 amide bonds. The first-order valence-corrected chi connectivity index (χ1v) is 6.78. The number of rotatable bonds is 6. The Labute approximate surface area is 109 Å². The maximum absolute atomic E-state index is 5.93. The standard InChI is InChI=1S/C14H21ClN2/c1-10(2)16-9-14(17-13-7-8-13)11-3-5-12(15)6-4-11/h3-6,10,13-14,16-17H,7-9H2,1-2H3. The number of nitrogens with one attached hydrogen (secondary N) is 2. The zero-order chi connectivity index (χ0) is 12.3. The fourth-order valence-corrected chi connectivity index (χ4v) is 1.98. The molecule has 2 nitrogen and oxygen atoms in total. The first-order valence-electron chi connectivity index (χ1n) is 6.40. The second-order valence-electron chi connectivity index (χ2n) is 5.11. The molecule has 0 aliphatic heterocycles. The lowest BCUT2D eigenvalue weighted by Crippen LogP contribution is -2.35. The van der Waals surface area contributed by atoms with Crippen molar-refractivity contribution in [3.8, 4) is 0 Å². The molecule has 94 valence electrons. The van der Waals surface area contributed by atoms with Crippen LogP contribution in [0.3, 0.4) is 0 Å². The predicted molar refractivity (Wildman–Crippen MR) is 73.5 cm³/mol. The third kappa shape index (κ3) is 4.30. The van der Waals surface area contributed by atoms with Crippen molar-refractivity contribution in [1.82, 2.24) is 10.6 Å². The van der Waals surface area contributed by atoms with Crippen molar-refractivity contribution < 1.29 is 0 Å². The van der Waals surface area contributed by atoms with Gasteiger partial charge in [0.15, 0.2) is 0 Å². The van der Waals surface area contributed by atoms with Crippen LogP contribution in [0.5, 0.6) is 0 Å². The van der Waals surface area contributed by atoms with Gasteiger partial charge in [0.05, 0.1) is 0 Å². The summed E-state index contributed by atoms with van der Waals surface area (Å²) in [6.07, 6.45) is 2.62. The molecule has 1 atom stereocenters. The zero-order valence-electron chi connectivity index (χ0n) is 10.5. The molecule has 1 aromatic carbocycles. The monoisotopic (exact) mass is 252 g/mol. The van der Waals surface area contributed by atoms with Gasteiger partial charge in [-0.15, -0.1) is 0 Å². The molecule has 0 aromatic heterocycles. The highest BCUT2D eigenvalue weighted by Gasteiger charge is 2.25. The van der Waals surface area contributed by atoms with E-state index in [0.29, 0.717) is 18.1 Å². The van der Waals surface area contributed by atoms with E-state index in [4.69, 9.17) is 11.6 Å². The largest absolute Gasteiger partial charge is 0.313 e. The predicted octanol–water partition coefficient (Wildman–Crippen LogP) is 3.13. The molecule has 0 heterocycles. The number of hydrogen-bond donors (Lipinski definition) is 2. The minimum Gasteiger partial charge on any atom is -0.313 e. The Morgan fingerprint density at radius 1 is 1.24 bits per heavy atom. The van der Waals surface area contributed by atoms with Crippen LogP contribution in [0.25, 0.3) is 0 Å². The zero-order valence-corrected chi connectivity index (χ0v) is 11.3. The van der Waals surface area contributed by atoms with Crippen molar-refractivity contribution in [2.75, 3.05) is 6.54 Å². The molecule has 1 saturated carbocycles. The van der Waals surface area contributed by atoms with E-state index in [1.807, 2.05) is 12.1 Å². The molecule has 1 fully saturated rings. The van der Waals surface area contributed by atoms with Crippen LogP contribution < -0.4 is 10.6 Å². The summed E-state index contributed by atoms with van der Waals surface area (Å²) >= 11 is 5.93. The van der Waals surface area contributed by atoms with E-state index in [9.17, 15) is 0 Å². The van der Waals surface area contributed by atoms with Crippen LogP contribution in [-0.4, -0.2) is 18.6 Å². The van der Waals surface area contributed by atoms with E-state index in [2.05, 4.69) is 36.6 Å². The molecular formula is C14H21ClN2. The van der Waals surface area contributed by atoms with E-state index in [1.165, 1.54) is 18.4 Å². The summed E-state index contributed by atoms with van der Waals surface area (Å²) in [7, 11) is 0. The van der Waals surface area contributed by atoms with Crippen molar-refractivity contribution >= 4 is 11.6 Å². The molecule has 0 saturated heterocycles. The number of halogens is 1. The second-order valence-corrected chi connectivity index (χ2v) is 5.54. The first kappa shape index (κ1) is 12.9. The highest BCUT2D eigenvalue weighted by Crippen LogP contribution is 2.24. The van der Waals surface area contributed by atoms with Gasteiger partial charge in [-0.2, -0.15) is 0 Å². The highest BCUT2D eigenvalue weighted by atomic mass is 35.5. The molecule has 1 aromatic rings. The van der Waals surface area contributed by atoms with E-state index in [1.54, 1.807) is 0 Å². The van der Waals surface area contributed by atoms with Crippen LogP contribution >= 0.6 is 11.6 Å². The number of benzene rings is 1. The Kier molecular flexibility index (Phi) is 4.43. The Bertz CT molecular complexity index is 344. The van der Waals surface area contributed by atoms with Gasteiger partial charge < -0.3 is 10.6 Å². The van der Waals surface area contributed by atoms with E-state index < -0.39 is 0 Å². The maximum atomic E-state index is 5.93. The second kappa shape index (κ2) is 5.85. The Morgan fingerprint density at radius 3 is 2.41 bits per heavy atom. The van der Waals surface area contributed by atoms with Gasteiger partial charge in [0.2, 0.25) is 0 Å². The van der Waals surface area contributed by atoms with Gasteiger partial charge >= 0.3 is 0 Å². The van der Waals surface area contributed by atoms with Crippen LogP contribution in [-0.2, 0) is 0 Å². The van der Waals surface area contributed by atoms with Gasteiger partial charge in [-0.25, -0.2) is 0 Å². The molecule has 3 heteroatoms. The van der Waals surface area contributed by atoms with Crippen LogP contribution in [0.15, 0.2) is 24.3 Å². The topological polar surface area (TPSA) is 24.1 Å². The molecular weight excluding hydrogens is 232 g/mol. The summed E-state index contributed by atoms with van der Waals surface area (Å²) in [5.74, 6) is 0. The SMILES string of the molecule is CC(C)NCC(NC1CC1)c1ccc(Cl)cc1.